The van der Waals surface area contributed by atoms with Gasteiger partial charge in [-0.2, -0.15) is 0 Å². The van der Waals surface area contributed by atoms with E-state index >= 15 is 0 Å². The number of rotatable bonds is 6. The molecule has 1 aromatic rings. The third-order valence-corrected chi connectivity index (χ3v) is 2.26. The lowest BCUT2D eigenvalue weighted by Gasteiger charge is -2.27. The van der Waals surface area contributed by atoms with Crippen LogP contribution in [0.25, 0.3) is 0 Å². The molecule has 0 radical (unpaired) electrons. The molecule has 0 amide bonds. The topological polar surface area (TPSA) is 30.5 Å². The summed E-state index contributed by atoms with van der Waals surface area (Å²) in [6.07, 6.45) is -4.73. The molecule has 0 spiro atoms. The summed E-state index contributed by atoms with van der Waals surface area (Å²) in [5.74, 6) is -0.262. The molecule has 0 fully saturated rings. The van der Waals surface area contributed by atoms with E-state index in [0.29, 0.717) is 6.54 Å². The van der Waals surface area contributed by atoms with Gasteiger partial charge in [0.15, 0.2) is 11.5 Å². The molecule has 0 aliphatic heterocycles. The third-order valence-electron chi connectivity index (χ3n) is 2.26. The normalized spacial score (nSPS) is 12.3. The second kappa shape index (κ2) is 6.14. The fourth-order valence-corrected chi connectivity index (χ4v) is 1.50. The zero-order chi connectivity index (χ0) is 14.5. The molecule has 0 aliphatic rings. The summed E-state index contributed by atoms with van der Waals surface area (Å²) in [5, 5.41) is 3.09. The van der Waals surface area contributed by atoms with Crippen LogP contribution in [0.15, 0.2) is 24.3 Å². The zero-order valence-corrected chi connectivity index (χ0v) is 11.2. The average Bonchev–Trinajstić information content (AvgIpc) is 2.27. The molecule has 0 saturated heterocycles. The lowest BCUT2D eigenvalue weighted by molar-refractivity contribution is -0.275. The first-order valence-electron chi connectivity index (χ1n) is 5.98. The molecule has 1 aromatic carbocycles. The lowest BCUT2D eigenvalue weighted by atomic mass is 10.1. The van der Waals surface area contributed by atoms with Crippen molar-refractivity contribution in [1.82, 2.24) is 5.32 Å². The van der Waals surface area contributed by atoms with Crippen LogP contribution in [0.2, 0.25) is 0 Å². The monoisotopic (exact) mass is 277 g/mol. The third kappa shape index (κ3) is 5.83. The van der Waals surface area contributed by atoms with Crippen molar-refractivity contribution >= 4 is 0 Å². The smallest absolute Gasteiger partial charge is 0.483 e. The minimum absolute atomic E-state index is 0.0720. The number of halogens is 3. The summed E-state index contributed by atoms with van der Waals surface area (Å²) in [7, 11) is 0. The van der Waals surface area contributed by atoms with Gasteiger partial charge in [0.05, 0.1) is 0 Å². The van der Waals surface area contributed by atoms with Gasteiger partial charge in [0.2, 0.25) is 0 Å². The van der Waals surface area contributed by atoms with E-state index in [1.165, 1.54) is 18.2 Å². The van der Waals surface area contributed by atoms with Crippen LogP contribution in [-0.4, -0.2) is 25.1 Å². The Kier molecular flexibility index (Phi) is 5.05. The number of alkyl halides is 3. The van der Waals surface area contributed by atoms with Gasteiger partial charge in [-0.05, 0) is 32.5 Å². The van der Waals surface area contributed by atoms with Crippen molar-refractivity contribution in [3.8, 4) is 11.5 Å². The highest BCUT2D eigenvalue weighted by atomic mass is 19.4. The molecule has 19 heavy (non-hydrogen) atoms. The van der Waals surface area contributed by atoms with Gasteiger partial charge in [-0.3, -0.25) is 0 Å². The Morgan fingerprint density at radius 1 is 1.05 bits per heavy atom. The van der Waals surface area contributed by atoms with E-state index in [1.807, 2.05) is 6.92 Å². The van der Waals surface area contributed by atoms with Crippen molar-refractivity contribution in [2.45, 2.75) is 32.7 Å². The number of ether oxygens (including phenoxy) is 2. The van der Waals surface area contributed by atoms with Gasteiger partial charge < -0.3 is 14.8 Å². The molecule has 0 heterocycles. The molecule has 0 saturated carbocycles. The Balaban J connectivity index is 2.83. The Morgan fingerprint density at radius 2 is 1.58 bits per heavy atom. The van der Waals surface area contributed by atoms with E-state index < -0.39 is 12.0 Å². The number of hydrogen-bond acceptors (Lipinski definition) is 3. The first kappa shape index (κ1) is 15.6. The van der Waals surface area contributed by atoms with Gasteiger partial charge in [-0.15, -0.1) is 13.2 Å². The Bertz CT molecular complexity index is 405. The highest BCUT2D eigenvalue weighted by Gasteiger charge is 2.33. The first-order chi connectivity index (χ1) is 8.73. The molecular formula is C13H18F3NO2. The molecule has 6 heteroatoms. The van der Waals surface area contributed by atoms with Gasteiger partial charge >= 0.3 is 6.36 Å². The second-order valence-electron chi connectivity index (χ2n) is 4.64. The first-order valence-corrected chi connectivity index (χ1v) is 5.98. The van der Waals surface area contributed by atoms with Gasteiger partial charge in [-0.1, -0.05) is 19.1 Å². The Morgan fingerprint density at radius 3 is 2.05 bits per heavy atom. The summed E-state index contributed by atoms with van der Waals surface area (Å²) >= 11 is 0. The number of benzene rings is 1. The van der Waals surface area contributed by atoms with Crippen LogP contribution in [0.5, 0.6) is 11.5 Å². The van der Waals surface area contributed by atoms with Crippen molar-refractivity contribution in [2.24, 2.45) is 0 Å². The quantitative estimate of drug-likeness (QED) is 0.865. The number of nitrogens with one attached hydrogen (secondary N) is 1. The van der Waals surface area contributed by atoms with Crippen molar-refractivity contribution in [1.29, 1.82) is 0 Å². The van der Waals surface area contributed by atoms with E-state index in [0.717, 1.165) is 6.54 Å². The molecule has 0 aliphatic carbocycles. The van der Waals surface area contributed by atoms with Crippen molar-refractivity contribution in [3.63, 3.8) is 0 Å². The predicted octanol–water partition coefficient (Wildman–Crippen LogP) is 3.35. The summed E-state index contributed by atoms with van der Waals surface area (Å²) in [4.78, 5) is 0. The van der Waals surface area contributed by atoms with Crippen molar-refractivity contribution in [2.75, 3.05) is 13.1 Å². The van der Waals surface area contributed by atoms with Crippen LogP contribution in [0, 0.1) is 0 Å². The number of hydrogen-bond donors (Lipinski definition) is 1. The Labute approximate surface area is 110 Å². The predicted molar refractivity (Wildman–Crippen MR) is 66.4 cm³/mol. The van der Waals surface area contributed by atoms with Crippen LogP contribution in [-0.2, 0) is 0 Å². The van der Waals surface area contributed by atoms with Crippen molar-refractivity contribution < 1.29 is 22.6 Å². The van der Waals surface area contributed by atoms with E-state index in [-0.39, 0.29) is 11.5 Å². The van der Waals surface area contributed by atoms with Gasteiger partial charge in [-0.25, -0.2) is 0 Å². The SMILES string of the molecule is CCNCC(C)(C)Oc1ccccc1OC(F)(F)F. The van der Waals surface area contributed by atoms with Crippen LogP contribution in [0.4, 0.5) is 13.2 Å². The second-order valence-corrected chi connectivity index (χ2v) is 4.64. The molecular weight excluding hydrogens is 259 g/mol. The standard InChI is InChI=1S/C13H18F3NO2/c1-4-17-9-12(2,3)18-10-7-5-6-8-11(10)19-13(14,15)16/h5-8,17H,4,9H2,1-3H3. The fourth-order valence-electron chi connectivity index (χ4n) is 1.50. The van der Waals surface area contributed by atoms with Crippen LogP contribution in [0.1, 0.15) is 20.8 Å². The fraction of sp³-hybridized carbons (Fsp3) is 0.538. The maximum Gasteiger partial charge on any atom is 0.573 e. The summed E-state index contributed by atoms with van der Waals surface area (Å²) in [6.45, 7) is 6.80. The largest absolute Gasteiger partial charge is 0.573 e. The van der Waals surface area contributed by atoms with Crippen molar-refractivity contribution in [3.05, 3.63) is 24.3 Å². The molecule has 1 N–H and O–H groups in total. The van der Waals surface area contributed by atoms with Gasteiger partial charge in [0.1, 0.15) is 5.60 Å². The molecule has 0 bridgehead atoms. The Hall–Kier alpha value is -1.43. The number of likely N-dealkylation sites (N-methyl/N-ethyl adjacent to an activating group) is 1. The average molecular weight is 277 g/mol. The highest BCUT2D eigenvalue weighted by molar-refractivity contribution is 5.40. The van der Waals surface area contributed by atoms with Crippen LogP contribution >= 0.6 is 0 Å². The molecule has 0 aromatic heterocycles. The van der Waals surface area contributed by atoms with E-state index in [4.69, 9.17) is 4.74 Å². The highest BCUT2D eigenvalue weighted by Crippen LogP contribution is 2.33. The maximum absolute atomic E-state index is 12.3. The lowest BCUT2D eigenvalue weighted by Crippen LogP contribution is -2.40. The van der Waals surface area contributed by atoms with E-state index in [1.54, 1.807) is 19.9 Å². The minimum Gasteiger partial charge on any atom is -0.483 e. The summed E-state index contributed by atoms with van der Waals surface area (Å²) < 4.78 is 46.3. The van der Waals surface area contributed by atoms with E-state index in [9.17, 15) is 13.2 Å². The van der Waals surface area contributed by atoms with Crippen LogP contribution in [0.3, 0.4) is 0 Å². The van der Waals surface area contributed by atoms with Crippen LogP contribution < -0.4 is 14.8 Å². The molecule has 3 nitrogen and oxygen atoms in total. The summed E-state index contributed by atoms with van der Waals surface area (Å²) in [6, 6.07) is 5.74. The number of para-hydroxylation sites is 2. The minimum atomic E-state index is -4.73. The zero-order valence-electron chi connectivity index (χ0n) is 11.2. The summed E-state index contributed by atoms with van der Waals surface area (Å²) in [5.41, 5.74) is -0.638. The van der Waals surface area contributed by atoms with E-state index in [2.05, 4.69) is 10.1 Å². The molecule has 0 atom stereocenters. The van der Waals surface area contributed by atoms with Gasteiger partial charge in [0, 0.05) is 6.54 Å². The molecule has 108 valence electrons. The maximum atomic E-state index is 12.3. The van der Waals surface area contributed by atoms with Gasteiger partial charge in [0.25, 0.3) is 0 Å². The molecule has 1 rings (SSSR count). The molecule has 0 unspecified atom stereocenters.